The van der Waals surface area contributed by atoms with E-state index in [-0.39, 0.29) is 5.76 Å². The second kappa shape index (κ2) is 3.12. The Bertz CT molecular complexity index is 609. The molecule has 0 bridgehead atoms. The number of benzene rings is 1. The Labute approximate surface area is 96.4 Å². The second-order valence-corrected chi connectivity index (χ2v) is 4.79. The summed E-state index contributed by atoms with van der Waals surface area (Å²) in [5, 5.41) is 0. The van der Waals surface area contributed by atoms with Crippen LogP contribution in [0.5, 0.6) is 0 Å². The predicted octanol–water partition coefficient (Wildman–Crippen LogP) is 1.60. The third-order valence-electron chi connectivity index (χ3n) is 2.97. The molecule has 2 heterocycles. The standard InChI is InChI=1S/C11H10ClNO3/c1-13-8-4-7(11(12)5-15-6-11)2-3-9(8)16-10(13)14/h2-4H,5-6H2,1H3. The molecule has 1 aromatic heterocycles. The van der Waals surface area contributed by atoms with Gasteiger partial charge in [0.2, 0.25) is 0 Å². The van der Waals surface area contributed by atoms with Gasteiger partial charge >= 0.3 is 5.76 Å². The number of nitrogens with zero attached hydrogens (tertiary/aromatic N) is 1. The maximum Gasteiger partial charge on any atom is 0.419 e. The minimum atomic E-state index is -0.443. The van der Waals surface area contributed by atoms with Crippen LogP contribution in [-0.2, 0) is 16.7 Å². The SMILES string of the molecule is Cn1c(=O)oc2ccc(C3(Cl)COC3)cc21. The molecule has 1 saturated heterocycles. The van der Waals surface area contributed by atoms with Crippen molar-refractivity contribution >= 4 is 22.7 Å². The van der Waals surface area contributed by atoms with Crippen LogP contribution in [0.4, 0.5) is 0 Å². The number of ether oxygens (including phenoxy) is 1. The van der Waals surface area contributed by atoms with Crippen molar-refractivity contribution in [1.29, 1.82) is 0 Å². The first-order valence-corrected chi connectivity index (χ1v) is 5.35. The lowest BCUT2D eigenvalue weighted by molar-refractivity contribution is -0.0151. The van der Waals surface area contributed by atoms with E-state index in [9.17, 15) is 4.79 Å². The zero-order chi connectivity index (χ0) is 11.3. The van der Waals surface area contributed by atoms with Gasteiger partial charge in [0.05, 0.1) is 18.7 Å². The molecule has 0 amide bonds. The summed E-state index contributed by atoms with van der Waals surface area (Å²) in [6, 6.07) is 5.53. The fourth-order valence-corrected chi connectivity index (χ4v) is 2.13. The van der Waals surface area contributed by atoms with Crippen molar-refractivity contribution in [2.75, 3.05) is 13.2 Å². The molecule has 1 aliphatic rings. The molecule has 0 atom stereocenters. The molecule has 0 spiro atoms. The Morgan fingerprint density at radius 2 is 2.19 bits per heavy atom. The number of alkyl halides is 1. The van der Waals surface area contributed by atoms with Crippen LogP contribution in [0.25, 0.3) is 11.1 Å². The predicted molar refractivity (Wildman–Crippen MR) is 59.8 cm³/mol. The number of halogens is 1. The van der Waals surface area contributed by atoms with E-state index in [1.807, 2.05) is 12.1 Å². The number of aromatic nitrogens is 1. The summed E-state index contributed by atoms with van der Waals surface area (Å²) in [5.41, 5.74) is 2.30. The largest absolute Gasteiger partial charge is 0.419 e. The van der Waals surface area contributed by atoms with Gasteiger partial charge in [-0.1, -0.05) is 6.07 Å². The summed E-state index contributed by atoms with van der Waals surface area (Å²) in [7, 11) is 1.68. The molecule has 84 valence electrons. The lowest BCUT2D eigenvalue weighted by atomic mass is 9.96. The Morgan fingerprint density at radius 1 is 1.44 bits per heavy atom. The van der Waals surface area contributed by atoms with E-state index in [1.165, 1.54) is 4.57 Å². The molecular formula is C11H10ClNO3. The van der Waals surface area contributed by atoms with Crippen LogP contribution in [0.15, 0.2) is 27.4 Å². The van der Waals surface area contributed by atoms with Crippen LogP contribution in [0.2, 0.25) is 0 Å². The number of oxazole rings is 1. The fourth-order valence-electron chi connectivity index (χ4n) is 1.85. The van der Waals surface area contributed by atoms with E-state index >= 15 is 0 Å². The highest BCUT2D eigenvalue weighted by Crippen LogP contribution is 2.37. The summed E-state index contributed by atoms with van der Waals surface area (Å²) >= 11 is 6.35. The Kier molecular flexibility index (Phi) is 1.94. The first kappa shape index (κ1) is 9.93. The summed E-state index contributed by atoms with van der Waals surface area (Å²) in [5.74, 6) is -0.361. The summed E-state index contributed by atoms with van der Waals surface area (Å²) in [6.07, 6.45) is 0. The van der Waals surface area contributed by atoms with Gasteiger partial charge in [-0.05, 0) is 17.7 Å². The normalized spacial score (nSPS) is 18.6. The first-order chi connectivity index (χ1) is 7.60. The lowest BCUT2D eigenvalue weighted by Crippen LogP contribution is -2.41. The quantitative estimate of drug-likeness (QED) is 0.710. The molecule has 2 aromatic rings. The maximum absolute atomic E-state index is 11.3. The van der Waals surface area contributed by atoms with Gasteiger partial charge in [-0.25, -0.2) is 4.79 Å². The molecule has 1 fully saturated rings. The van der Waals surface area contributed by atoms with Crippen LogP contribution in [-0.4, -0.2) is 17.8 Å². The molecule has 0 N–H and O–H groups in total. The average Bonchev–Trinajstić information content (AvgIpc) is 2.51. The molecule has 0 saturated carbocycles. The second-order valence-electron chi connectivity index (χ2n) is 4.07. The van der Waals surface area contributed by atoms with Gasteiger partial charge < -0.3 is 9.15 Å². The molecule has 1 aliphatic heterocycles. The van der Waals surface area contributed by atoms with Crippen LogP contribution in [0.1, 0.15) is 5.56 Å². The minimum absolute atomic E-state index is 0.361. The lowest BCUT2D eigenvalue weighted by Gasteiger charge is -2.35. The molecule has 0 unspecified atom stereocenters. The third kappa shape index (κ3) is 1.23. The van der Waals surface area contributed by atoms with E-state index in [2.05, 4.69) is 0 Å². The minimum Gasteiger partial charge on any atom is -0.408 e. The first-order valence-electron chi connectivity index (χ1n) is 4.97. The van der Waals surface area contributed by atoms with Gasteiger partial charge in [0.1, 0.15) is 4.87 Å². The fraction of sp³-hybridized carbons (Fsp3) is 0.364. The zero-order valence-electron chi connectivity index (χ0n) is 8.70. The molecule has 0 radical (unpaired) electrons. The molecule has 3 rings (SSSR count). The monoisotopic (exact) mass is 239 g/mol. The molecule has 0 aliphatic carbocycles. The van der Waals surface area contributed by atoms with Crippen molar-refractivity contribution in [3.8, 4) is 0 Å². The van der Waals surface area contributed by atoms with Gasteiger partial charge in [-0.15, -0.1) is 11.6 Å². The van der Waals surface area contributed by atoms with Crippen LogP contribution >= 0.6 is 11.6 Å². The van der Waals surface area contributed by atoms with Gasteiger partial charge in [0, 0.05) is 7.05 Å². The number of hydrogen-bond donors (Lipinski definition) is 0. The topological polar surface area (TPSA) is 44.4 Å². The Hall–Kier alpha value is -1.26. The van der Waals surface area contributed by atoms with Crippen molar-refractivity contribution < 1.29 is 9.15 Å². The van der Waals surface area contributed by atoms with E-state index in [0.29, 0.717) is 18.8 Å². The summed E-state index contributed by atoms with van der Waals surface area (Å²) in [6.45, 7) is 1.01. The number of hydrogen-bond acceptors (Lipinski definition) is 3. The van der Waals surface area contributed by atoms with Crippen molar-refractivity contribution in [3.05, 3.63) is 34.3 Å². The third-order valence-corrected chi connectivity index (χ3v) is 3.41. The Balaban J connectivity index is 2.22. The van der Waals surface area contributed by atoms with Crippen molar-refractivity contribution in [3.63, 3.8) is 0 Å². The van der Waals surface area contributed by atoms with Gasteiger partial charge in [-0.3, -0.25) is 4.57 Å². The Morgan fingerprint density at radius 3 is 2.81 bits per heavy atom. The van der Waals surface area contributed by atoms with Gasteiger partial charge in [0.15, 0.2) is 5.58 Å². The van der Waals surface area contributed by atoms with E-state index < -0.39 is 4.87 Å². The van der Waals surface area contributed by atoms with Crippen LogP contribution in [0, 0.1) is 0 Å². The molecule has 1 aromatic carbocycles. The van der Waals surface area contributed by atoms with Crippen molar-refractivity contribution in [1.82, 2.24) is 4.57 Å². The van der Waals surface area contributed by atoms with Gasteiger partial charge in [-0.2, -0.15) is 0 Å². The van der Waals surface area contributed by atoms with Crippen LogP contribution < -0.4 is 5.76 Å². The number of aryl methyl sites for hydroxylation is 1. The van der Waals surface area contributed by atoms with E-state index in [4.69, 9.17) is 20.8 Å². The van der Waals surface area contributed by atoms with Crippen LogP contribution in [0.3, 0.4) is 0 Å². The maximum atomic E-state index is 11.3. The molecule has 4 nitrogen and oxygen atoms in total. The highest BCUT2D eigenvalue weighted by atomic mass is 35.5. The highest BCUT2D eigenvalue weighted by Gasteiger charge is 2.38. The smallest absolute Gasteiger partial charge is 0.408 e. The van der Waals surface area contributed by atoms with Gasteiger partial charge in [0.25, 0.3) is 0 Å². The number of fused-ring (bicyclic) bond motifs is 1. The zero-order valence-corrected chi connectivity index (χ0v) is 9.45. The average molecular weight is 240 g/mol. The van der Waals surface area contributed by atoms with E-state index in [1.54, 1.807) is 13.1 Å². The van der Waals surface area contributed by atoms with Crippen molar-refractivity contribution in [2.45, 2.75) is 4.87 Å². The number of rotatable bonds is 1. The summed E-state index contributed by atoms with van der Waals surface area (Å²) < 4.78 is 11.6. The molecule has 5 heteroatoms. The highest BCUT2D eigenvalue weighted by molar-refractivity contribution is 6.24. The molecular weight excluding hydrogens is 230 g/mol. The summed E-state index contributed by atoms with van der Waals surface area (Å²) in [4.78, 5) is 10.9. The van der Waals surface area contributed by atoms with E-state index in [0.717, 1.165) is 11.1 Å². The molecule has 16 heavy (non-hydrogen) atoms. The van der Waals surface area contributed by atoms with Crippen molar-refractivity contribution in [2.24, 2.45) is 7.05 Å².